The van der Waals surface area contributed by atoms with Gasteiger partial charge in [-0.05, 0) is 73.7 Å². The molecule has 1 heterocycles. The van der Waals surface area contributed by atoms with Crippen LogP contribution in [0.5, 0.6) is 0 Å². The van der Waals surface area contributed by atoms with Crippen LogP contribution in [0.2, 0.25) is 0 Å². The topological polar surface area (TPSA) is 32.3 Å². The van der Waals surface area contributed by atoms with Crippen LogP contribution in [0, 0.1) is 17.6 Å². The van der Waals surface area contributed by atoms with Crippen molar-refractivity contribution >= 4 is 11.6 Å². The van der Waals surface area contributed by atoms with Gasteiger partial charge in [0.15, 0.2) is 11.6 Å². The first kappa shape index (κ1) is 21.2. The number of amides is 1. The summed E-state index contributed by atoms with van der Waals surface area (Å²) < 4.78 is 26.3. The van der Waals surface area contributed by atoms with Crippen LogP contribution in [0.25, 0.3) is 0 Å². The Morgan fingerprint density at radius 2 is 1.58 bits per heavy atom. The zero-order chi connectivity index (χ0) is 21.6. The van der Waals surface area contributed by atoms with Gasteiger partial charge in [-0.1, -0.05) is 42.5 Å². The third-order valence-corrected chi connectivity index (χ3v) is 5.87. The van der Waals surface area contributed by atoms with E-state index in [1.54, 1.807) is 12.1 Å². The van der Waals surface area contributed by atoms with Crippen LogP contribution in [0.3, 0.4) is 0 Å². The Morgan fingerprint density at radius 1 is 0.871 bits per heavy atom. The van der Waals surface area contributed by atoms with Gasteiger partial charge in [0.05, 0.1) is 0 Å². The molecule has 3 aromatic carbocycles. The van der Waals surface area contributed by atoms with Crippen LogP contribution in [0.1, 0.15) is 34.3 Å². The van der Waals surface area contributed by atoms with Crippen LogP contribution >= 0.6 is 0 Å². The van der Waals surface area contributed by atoms with Crippen molar-refractivity contribution in [2.75, 3.05) is 18.4 Å². The minimum absolute atomic E-state index is 0.228. The van der Waals surface area contributed by atoms with Crippen LogP contribution in [0.4, 0.5) is 14.5 Å². The molecule has 0 unspecified atom stereocenters. The molecule has 0 radical (unpaired) electrons. The number of carbonyl (C=O) groups is 1. The molecule has 0 saturated carbocycles. The van der Waals surface area contributed by atoms with Gasteiger partial charge < -0.3 is 5.32 Å². The average Bonchev–Trinajstić information content (AvgIpc) is 2.79. The first-order valence-electron chi connectivity index (χ1n) is 10.7. The van der Waals surface area contributed by atoms with Crippen molar-refractivity contribution in [2.24, 2.45) is 5.92 Å². The van der Waals surface area contributed by atoms with E-state index in [1.807, 2.05) is 12.1 Å². The molecular weight excluding hydrogens is 394 g/mol. The third kappa shape index (κ3) is 5.76. The normalized spacial score (nSPS) is 15.0. The van der Waals surface area contributed by atoms with Crippen molar-refractivity contribution in [3.05, 3.63) is 101 Å². The molecule has 1 N–H and O–H groups in total. The van der Waals surface area contributed by atoms with E-state index >= 15 is 0 Å². The minimum atomic E-state index is -0.985. The fourth-order valence-electron chi connectivity index (χ4n) is 4.09. The zero-order valence-electron chi connectivity index (χ0n) is 17.4. The van der Waals surface area contributed by atoms with Gasteiger partial charge in [0, 0.05) is 23.9 Å². The van der Waals surface area contributed by atoms with Gasteiger partial charge in [-0.25, -0.2) is 8.78 Å². The molecule has 0 bridgehead atoms. The van der Waals surface area contributed by atoms with Crippen molar-refractivity contribution in [3.8, 4) is 0 Å². The molecule has 3 aromatic rings. The number of hydrogen-bond acceptors (Lipinski definition) is 2. The maximum atomic E-state index is 13.3. The molecule has 5 heteroatoms. The van der Waals surface area contributed by atoms with Gasteiger partial charge in [0.2, 0.25) is 0 Å². The van der Waals surface area contributed by atoms with Gasteiger partial charge in [0.1, 0.15) is 0 Å². The SMILES string of the molecule is O=C(Nc1ccc(F)c(F)c1)c1ccc(CN2CCC(Cc3ccccc3)CC2)cc1. The van der Waals surface area contributed by atoms with Crippen molar-refractivity contribution in [1.82, 2.24) is 4.90 Å². The molecule has 1 aliphatic rings. The second-order valence-electron chi connectivity index (χ2n) is 8.19. The number of nitrogens with one attached hydrogen (secondary N) is 1. The summed E-state index contributed by atoms with van der Waals surface area (Å²) in [6, 6.07) is 21.4. The summed E-state index contributed by atoms with van der Waals surface area (Å²) in [5.41, 5.74) is 3.28. The molecular formula is C26H26F2N2O. The highest BCUT2D eigenvalue weighted by Gasteiger charge is 2.19. The Morgan fingerprint density at radius 3 is 2.26 bits per heavy atom. The first-order chi connectivity index (χ1) is 15.1. The number of anilines is 1. The average molecular weight is 421 g/mol. The molecule has 1 saturated heterocycles. The number of halogens is 2. The van der Waals surface area contributed by atoms with E-state index in [0.717, 1.165) is 49.7 Å². The second kappa shape index (κ2) is 9.84. The van der Waals surface area contributed by atoms with E-state index < -0.39 is 11.6 Å². The molecule has 160 valence electrons. The predicted molar refractivity (Wildman–Crippen MR) is 119 cm³/mol. The van der Waals surface area contributed by atoms with Crippen LogP contribution in [-0.4, -0.2) is 23.9 Å². The molecule has 1 amide bonds. The molecule has 0 spiro atoms. The summed E-state index contributed by atoms with van der Waals surface area (Å²) in [5, 5.41) is 2.60. The first-order valence-corrected chi connectivity index (χ1v) is 10.7. The van der Waals surface area contributed by atoms with Gasteiger partial charge in [-0.15, -0.1) is 0 Å². The molecule has 3 nitrogen and oxygen atoms in total. The maximum Gasteiger partial charge on any atom is 0.255 e. The summed E-state index contributed by atoms with van der Waals surface area (Å²) in [6.07, 6.45) is 3.55. The molecule has 0 aliphatic carbocycles. The fraction of sp³-hybridized carbons (Fsp3) is 0.269. The molecule has 4 rings (SSSR count). The highest BCUT2D eigenvalue weighted by Crippen LogP contribution is 2.23. The number of benzene rings is 3. The Bertz CT molecular complexity index is 1010. The van der Waals surface area contributed by atoms with Crippen molar-refractivity contribution < 1.29 is 13.6 Å². The number of nitrogens with zero attached hydrogens (tertiary/aromatic N) is 1. The van der Waals surface area contributed by atoms with Gasteiger partial charge in [0.25, 0.3) is 5.91 Å². The highest BCUT2D eigenvalue weighted by atomic mass is 19.2. The summed E-state index contributed by atoms with van der Waals surface area (Å²) in [4.78, 5) is 14.8. The fourth-order valence-corrected chi connectivity index (χ4v) is 4.09. The number of rotatable bonds is 6. The molecule has 0 atom stereocenters. The van der Waals surface area contributed by atoms with Crippen molar-refractivity contribution in [2.45, 2.75) is 25.8 Å². The van der Waals surface area contributed by atoms with Crippen LogP contribution < -0.4 is 5.32 Å². The molecule has 1 fully saturated rings. The number of hydrogen-bond donors (Lipinski definition) is 1. The lowest BCUT2D eigenvalue weighted by molar-refractivity contribution is 0.102. The minimum Gasteiger partial charge on any atom is -0.322 e. The van der Waals surface area contributed by atoms with Gasteiger partial charge in [-0.2, -0.15) is 0 Å². The number of likely N-dealkylation sites (tertiary alicyclic amines) is 1. The quantitative estimate of drug-likeness (QED) is 0.557. The van der Waals surface area contributed by atoms with E-state index in [0.29, 0.717) is 5.56 Å². The lowest BCUT2D eigenvalue weighted by atomic mass is 9.90. The lowest BCUT2D eigenvalue weighted by Crippen LogP contribution is -2.33. The van der Waals surface area contributed by atoms with E-state index in [9.17, 15) is 13.6 Å². The summed E-state index contributed by atoms with van der Waals surface area (Å²) >= 11 is 0. The van der Waals surface area contributed by atoms with E-state index in [2.05, 4.69) is 40.5 Å². The summed E-state index contributed by atoms with van der Waals surface area (Å²) in [5.74, 6) is -1.53. The Balaban J connectivity index is 1.27. The lowest BCUT2D eigenvalue weighted by Gasteiger charge is -2.32. The zero-order valence-corrected chi connectivity index (χ0v) is 17.4. The third-order valence-electron chi connectivity index (χ3n) is 5.87. The Labute approximate surface area is 181 Å². The predicted octanol–water partition coefficient (Wildman–Crippen LogP) is 5.67. The summed E-state index contributed by atoms with van der Waals surface area (Å²) in [7, 11) is 0. The Kier molecular flexibility index (Phi) is 6.73. The van der Waals surface area contributed by atoms with Crippen LogP contribution in [-0.2, 0) is 13.0 Å². The molecule has 1 aliphatic heterocycles. The standard InChI is InChI=1S/C26H26F2N2O/c27-24-11-10-23(17-25(24)28)29-26(31)22-8-6-21(7-9-22)18-30-14-12-20(13-15-30)16-19-4-2-1-3-5-19/h1-11,17,20H,12-16,18H2,(H,29,31). The second-order valence-corrected chi connectivity index (χ2v) is 8.19. The van der Waals surface area contributed by atoms with E-state index in [1.165, 1.54) is 24.5 Å². The molecule has 0 aromatic heterocycles. The van der Waals surface area contributed by atoms with E-state index in [4.69, 9.17) is 0 Å². The van der Waals surface area contributed by atoms with Gasteiger partial charge in [-0.3, -0.25) is 9.69 Å². The van der Waals surface area contributed by atoms with Crippen LogP contribution in [0.15, 0.2) is 72.8 Å². The van der Waals surface area contributed by atoms with Crippen molar-refractivity contribution in [3.63, 3.8) is 0 Å². The van der Waals surface area contributed by atoms with Gasteiger partial charge >= 0.3 is 0 Å². The summed E-state index contributed by atoms with van der Waals surface area (Å²) in [6.45, 7) is 3.02. The largest absolute Gasteiger partial charge is 0.322 e. The van der Waals surface area contributed by atoms with E-state index in [-0.39, 0.29) is 11.6 Å². The maximum absolute atomic E-state index is 13.3. The van der Waals surface area contributed by atoms with Crippen molar-refractivity contribution in [1.29, 1.82) is 0 Å². The highest BCUT2D eigenvalue weighted by molar-refractivity contribution is 6.04. The smallest absolute Gasteiger partial charge is 0.255 e. The monoisotopic (exact) mass is 420 g/mol. The molecule has 31 heavy (non-hydrogen) atoms. The Hall–Kier alpha value is -3.05. The number of carbonyl (C=O) groups excluding carboxylic acids is 1. The number of piperidine rings is 1.